The minimum atomic E-state index is -0.746. The molecule has 14 heavy (non-hydrogen) atoms. The maximum absolute atomic E-state index is 12.8. The highest BCUT2D eigenvalue weighted by molar-refractivity contribution is 5.35. The Hall–Kier alpha value is -1.60. The maximum Gasteiger partial charge on any atom is 0.174 e. The number of nitrogens with zero attached hydrogens (tertiary/aromatic N) is 1. The van der Waals surface area contributed by atoms with Gasteiger partial charge in [0.2, 0.25) is 0 Å². The standard InChI is InChI=1S/C10H10FNO2/c1-7(13)9-3-2-8(11)6-10(9)14-5-4-12/h2-3,6-7,13H,5H2,1H3/t7-/m0/s1. The Morgan fingerprint density at radius 1 is 1.64 bits per heavy atom. The van der Waals surface area contributed by atoms with Crippen molar-refractivity contribution in [3.63, 3.8) is 0 Å². The number of hydrogen-bond acceptors (Lipinski definition) is 3. The van der Waals surface area contributed by atoms with E-state index in [0.29, 0.717) is 5.56 Å². The smallest absolute Gasteiger partial charge is 0.174 e. The summed E-state index contributed by atoms with van der Waals surface area (Å²) >= 11 is 0. The molecule has 0 amide bonds. The Kier molecular flexibility index (Phi) is 3.43. The first-order chi connectivity index (χ1) is 6.65. The summed E-state index contributed by atoms with van der Waals surface area (Å²) in [5.74, 6) is -0.246. The fourth-order valence-electron chi connectivity index (χ4n) is 1.09. The van der Waals surface area contributed by atoms with Crippen LogP contribution in [0.3, 0.4) is 0 Å². The summed E-state index contributed by atoms with van der Waals surface area (Å²) in [6, 6.07) is 5.60. The minimum absolute atomic E-state index is 0.164. The molecule has 74 valence electrons. The summed E-state index contributed by atoms with van der Waals surface area (Å²) in [5.41, 5.74) is 0.474. The molecule has 0 bridgehead atoms. The lowest BCUT2D eigenvalue weighted by molar-refractivity contribution is 0.193. The predicted octanol–water partition coefficient (Wildman–Crippen LogP) is 1.78. The molecule has 1 aromatic carbocycles. The lowest BCUT2D eigenvalue weighted by atomic mass is 10.1. The van der Waals surface area contributed by atoms with E-state index < -0.39 is 11.9 Å². The van der Waals surface area contributed by atoms with Gasteiger partial charge in [0.25, 0.3) is 0 Å². The van der Waals surface area contributed by atoms with Crippen LogP contribution in [0.25, 0.3) is 0 Å². The van der Waals surface area contributed by atoms with Crippen LogP contribution in [-0.4, -0.2) is 11.7 Å². The van der Waals surface area contributed by atoms with Gasteiger partial charge in [-0.3, -0.25) is 0 Å². The molecule has 3 nitrogen and oxygen atoms in total. The number of nitriles is 1. The summed E-state index contributed by atoms with van der Waals surface area (Å²) in [4.78, 5) is 0. The van der Waals surface area contributed by atoms with Crippen LogP contribution >= 0.6 is 0 Å². The molecule has 0 radical (unpaired) electrons. The van der Waals surface area contributed by atoms with Crippen molar-refractivity contribution in [2.24, 2.45) is 0 Å². The molecule has 0 spiro atoms. The van der Waals surface area contributed by atoms with Gasteiger partial charge in [0, 0.05) is 11.6 Å². The molecule has 1 aromatic rings. The Morgan fingerprint density at radius 3 is 2.93 bits per heavy atom. The van der Waals surface area contributed by atoms with E-state index in [1.165, 1.54) is 12.1 Å². The number of benzene rings is 1. The molecule has 1 atom stereocenters. The summed E-state index contributed by atoms with van der Waals surface area (Å²) in [5, 5.41) is 17.6. The van der Waals surface area contributed by atoms with Gasteiger partial charge in [0.1, 0.15) is 17.6 Å². The van der Waals surface area contributed by atoms with Crippen LogP contribution < -0.4 is 4.74 Å². The molecule has 1 rings (SSSR count). The number of aliphatic hydroxyl groups is 1. The first-order valence-electron chi connectivity index (χ1n) is 4.12. The number of hydrogen-bond donors (Lipinski definition) is 1. The van der Waals surface area contributed by atoms with Crippen molar-refractivity contribution in [1.82, 2.24) is 0 Å². The molecule has 0 fully saturated rings. The third kappa shape index (κ3) is 2.44. The number of aliphatic hydroxyl groups excluding tert-OH is 1. The van der Waals surface area contributed by atoms with Crippen LogP contribution in [0.15, 0.2) is 18.2 Å². The molecule has 0 unspecified atom stereocenters. The van der Waals surface area contributed by atoms with Gasteiger partial charge in [-0.25, -0.2) is 4.39 Å². The van der Waals surface area contributed by atoms with Crippen molar-refractivity contribution in [1.29, 1.82) is 5.26 Å². The summed E-state index contributed by atoms with van der Waals surface area (Å²) in [6.07, 6.45) is -0.746. The van der Waals surface area contributed by atoms with Gasteiger partial charge in [-0.2, -0.15) is 5.26 Å². The first-order valence-corrected chi connectivity index (χ1v) is 4.12. The summed E-state index contributed by atoms with van der Waals surface area (Å²) in [6.45, 7) is 1.38. The summed E-state index contributed by atoms with van der Waals surface area (Å²) in [7, 11) is 0. The summed E-state index contributed by atoms with van der Waals surface area (Å²) < 4.78 is 17.8. The van der Waals surface area contributed by atoms with Gasteiger partial charge in [-0.15, -0.1) is 0 Å². The maximum atomic E-state index is 12.8. The molecule has 0 aliphatic rings. The monoisotopic (exact) mass is 195 g/mol. The fraction of sp³-hybridized carbons (Fsp3) is 0.300. The lowest BCUT2D eigenvalue weighted by Gasteiger charge is -2.11. The average Bonchev–Trinajstić information content (AvgIpc) is 2.14. The topological polar surface area (TPSA) is 53.2 Å². The van der Waals surface area contributed by atoms with E-state index >= 15 is 0 Å². The van der Waals surface area contributed by atoms with Crippen molar-refractivity contribution < 1.29 is 14.2 Å². The Morgan fingerprint density at radius 2 is 2.36 bits per heavy atom. The van der Waals surface area contributed by atoms with E-state index in [9.17, 15) is 9.50 Å². The SMILES string of the molecule is C[C@H](O)c1ccc(F)cc1OCC#N. The molecule has 0 aromatic heterocycles. The Labute approximate surface area is 81.4 Å². The van der Waals surface area contributed by atoms with Crippen molar-refractivity contribution in [3.05, 3.63) is 29.6 Å². The third-order valence-corrected chi connectivity index (χ3v) is 1.72. The van der Waals surface area contributed by atoms with E-state index in [2.05, 4.69) is 0 Å². The quantitative estimate of drug-likeness (QED) is 0.799. The van der Waals surface area contributed by atoms with Crippen LogP contribution in [0.5, 0.6) is 5.75 Å². The fourth-order valence-corrected chi connectivity index (χ4v) is 1.09. The number of rotatable bonds is 3. The van der Waals surface area contributed by atoms with Gasteiger partial charge in [-0.05, 0) is 19.1 Å². The van der Waals surface area contributed by atoms with E-state index in [4.69, 9.17) is 10.00 Å². The highest BCUT2D eigenvalue weighted by atomic mass is 19.1. The zero-order valence-electron chi connectivity index (χ0n) is 7.70. The zero-order valence-corrected chi connectivity index (χ0v) is 7.70. The van der Waals surface area contributed by atoms with Gasteiger partial charge < -0.3 is 9.84 Å². The van der Waals surface area contributed by atoms with Crippen molar-refractivity contribution in [2.45, 2.75) is 13.0 Å². The van der Waals surface area contributed by atoms with Crippen LogP contribution in [0.1, 0.15) is 18.6 Å². The average molecular weight is 195 g/mol. The van der Waals surface area contributed by atoms with Crippen LogP contribution in [-0.2, 0) is 0 Å². The van der Waals surface area contributed by atoms with Gasteiger partial charge in [0.15, 0.2) is 6.61 Å². The van der Waals surface area contributed by atoms with Gasteiger partial charge >= 0.3 is 0 Å². The molecule has 0 saturated heterocycles. The van der Waals surface area contributed by atoms with E-state index in [-0.39, 0.29) is 12.4 Å². The molecule has 1 N–H and O–H groups in total. The van der Waals surface area contributed by atoms with E-state index in [1.54, 1.807) is 13.0 Å². The lowest BCUT2D eigenvalue weighted by Crippen LogP contribution is -2.01. The van der Waals surface area contributed by atoms with E-state index in [1.807, 2.05) is 0 Å². The molecular weight excluding hydrogens is 185 g/mol. The predicted molar refractivity (Wildman–Crippen MR) is 48.1 cm³/mol. The molecular formula is C10H10FNO2. The van der Waals surface area contributed by atoms with Crippen LogP contribution in [0.2, 0.25) is 0 Å². The first kappa shape index (κ1) is 10.5. The highest BCUT2D eigenvalue weighted by Gasteiger charge is 2.09. The molecule has 0 saturated carbocycles. The Balaban J connectivity index is 2.98. The third-order valence-electron chi connectivity index (χ3n) is 1.72. The largest absolute Gasteiger partial charge is 0.478 e. The molecule has 0 aliphatic carbocycles. The second-order valence-corrected chi connectivity index (χ2v) is 2.80. The van der Waals surface area contributed by atoms with Crippen molar-refractivity contribution in [3.8, 4) is 11.8 Å². The van der Waals surface area contributed by atoms with Crippen LogP contribution in [0, 0.1) is 17.1 Å². The van der Waals surface area contributed by atoms with Gasteiger partial charge in [-0.1, -0.05) is 0 Å². The van der Waals surface area contributed by atoms with Crippen molar-refractivity contribution in [2.75, 3.05) is 6.61 Å². The van der Waals surface area contributed by atoms with E-state index in [0.717, 1.165) is 6.07 Å². The second kappa shape index (κ2) is 4.58. The zero-order chi connectivity index (χ0) is 10.6. The molecule has 4 heteroatoms. The highest BCUT2D eigenvalue weighted by Crippen LogP contribution is 2.25. The molecule has 0 heterocycles. The normalized spacial score (nSPS) is 11.9. The van der Waals surface area contributed by atoms with Crippen molar-refractivity contribution >= 4 is 0 Å². The molecule has 0 aliphatic heterocycles. The van der Waals surface area contributed by atoms with Gasteiger partial charge in [0.05, 0.1) is 6.10 Å². The second-order valence-electron chi connectivity index (χ2n) is 2.80. The number of halogens is 1. The van der Waals surface area contributed by atoms with Crippen LogP contribution in [0.4, 0.5) is 4.39 Å². The Bertz CT molecular complexity index is 358. The minimum Gasteiger partial charge on any atom is -0.478 e. The number of ether oxygens (including phenoxy) is 1.